The summed E-state index contributed by atoms with van der Waals surface area (Å²) < 4.78 is 18.1. The Morgan fingerprint density at radius 1 is 0.674 bits per heavy atom. The second-order valence-electron chi connectivity index (χ2n) is 11.0. The Morgan fingerprint density at radius 3 is 1.77 bits per heavy atom. The smallest absolute Gasteiger partial charge is 0.231 e. The van der Waals surface area contributed by atoms with Crippen molar-refractivity contribution in [2.75, 3.05) is 6.61 Å². The van der Waals surface area contributed by atoms with Gasteiger partial charge in [0, 0.05) is 0 Å². The SMILES string of the molecule is C=O.[C-]#[N+]c1cc(Oc2ccc(-c3ccc(OCCCCCCCCCC)cc3)cc2)ccc1OC(C)CCCCCC. The first-order chi connectivity index (χ1) is 21.1. The number of unbranched alkanes of at least 4 members (excludes halogenated alkanes) is 10. The Labute approximate surface area is 260 Å². The average Bonchev–Trinajstić information content (AvgIpc) is 3.04. The molecule has 5 heteroatoms. The lowest BCUT2D eigenvalue weighted by Crippen LogP contribution is -2.11. The molecule has 0 saturated heterocycles. The van der Waals surface area contributed by atoms with Crippen molar-refractivity contribution in [1.82, 2.24) is 0 Å². The van der Waals surface area contributed by atoms with Crippen molar-refractivity contribution in [3.8, 4) is 34.1 Å². The van der Waals surface area contributed by atoms with Crippen LogP contribution in [-0.2, 0) is 4.79 Å². The third-order valence-corrected chi connectivity index (χ3v) is 7.39. The maximum Gasteiger partial charge on any atom is 0.231 e. The standard InChI is InChI=1S/C37H49NO3.CH2O/c1-5-7-9-11-12-13-14-16-28-39-33-22-18-31(19-23-33)32-20-24-34(25-21-32)41-35-26-27-37(36(29-35)38-4)40-30(3)17-15-10-8-6-2;1-2/h18-27,29-30H,5-17,28H2,1-3H3;1H2. The number of rotatable bonds is 20. The Balaban J connectivity index is 0.00000316. The molecule has 0 saturated carbocycles. The summed E-state index contributed by atoms with van der Waals surface area (Å²) in [4.78, 5) is 11.7. The molecular weight excluding hydrogens is 534 g/mol. The van der Waals surface area contributed by atoms with Gasteiger partial charge in [-0.3, -0.25) is 0 Å². The molecule has 0 N–H and O–H groups in total. The van der Waals surface area contributed by atoms with E-state index in [2.05, 4.69) is 49.9 Å². The van der Waals surface area contributed by atoms with Crippen molar-refractivity contribution in [2.24, 2.45) is 0 Å². The van der Waals surface area contributed by atoms with E-state index in [1.165, 1.54) is 64.2 Å². The highest BCUT2D eigenvalue weighted by Crippen LogP contribution is 2.35. The molecule has 0 aliphatic rings. The predicted molar refractivity (Wildman–Crippen MR) is 179 cm³/mol. The molecule has 0 aromatic heterocycles. The van der Waals surface area contributed by atoms with Gasteiger partial charge in [-0.1, -0.05) is 102 Å². The number of hydrogen-bond donors (Lipinski definition) is 0. The lowest BCUT2D eigenvalue weighted by Gasteiger charge is -2.16. The number of hydrogen-bond acceptors (Lipinski definition) is 4. The van der Waals surface area contributed by atoms with Crippen molar-refractivity contribution in [1.29, 1.82) is 0 Å². The summed E-state index contributed by atoms with van der Waals surface area (Å²) in [5, 5.41) is 0. The van der Waals surface area contributed by atoms with Crippen LogP contribution in [0.1, 0.15) is 104 Å². The Morgan fingerprint density at radius 2 is 1.19 bits per heavy atom. The van der Waals surface area contributed by atoms with E-state index in [0.717, 1.165) is 48.5 Å². The van der Waals surface area contributed by atoms with Crippen molar-refractivity contribution in [3.63, 3.8) is 0 Å². The number of benzene rings is 3. The summed E-state index contributed by atoms with van der Waals surface area (Å²) in [5.74, 6) is 2.90. The zero-order valence-electron chi connectivity index (χ0n) is 26.6. The molecule has 0 aliphatic heterocycles. The Hall–Kier alpha value is -3.78. The first kappa shape index (κ1) is 35.4. The molecule has 3 aromatic rings. The highest BCUT2D eigenvalue weighted by molar-refractivity contribution is 5.65. The molecule has 0 radical (unpaired) electrons. The molecule has 0 heterocycles. The monoisotopic (exact) mass is 585 g/mol. The first-order valence-electron chi connectivity index (χ1n) is 16.1. The van der Waals surface area contributed by atoms with Gasteiger partial charge in [-0.25, -0.2) is 4.85 Å². The quantitative estimate of drug-likeness (QED) is 0.0977. The van der Waals surface area contributed by atoms with Gasteiger partial charge in [-0.15, -0.1) is 0 Å². The van der Waals surface area contributed by atoms with E-state index in [9.17, 15) is 0 Å². The van der Waals surface area contributed by atoms with Crippen molar-refractivity contribution >= 4 is 12.5 Å². The van der Waals surface area contributed by atoms with Gasteiger partial charge >= 0.3 is 0 Å². The van der Waals surface area contributed by atoms with E-state index < -0.39 is 0 Å². The third-order valence-electron chi connectivity index (χ3n) is 7.39. The number of carbonyl (C=O) groups is 1. The molecule has 43 heavy (non-hydrogen) atoms. The molecule has 232 valence electrons. The largest absolute Gasteiger partial charge is 0.502 e. The van der Waals surface area contributed by atoms with Crippen LogP contribution in [0.3, 0.4) is 0 Å². The van der Waals surface area contributed by atoms with Gasteiger partial charge in [0.05, 0.1) is 19.3 Å². The minimum absolute atomic E-state index is 0.0854. The van der Waals surface area contributed by atoms with Crippen LogP contribution in [0.4, 0.5) is 5.69 Å². The molecule has 0 amide bonds. The van der Waals surface area contributed by atoms with Crippen molar-refractivity contribution < 1.29 is 19.0 Å². The topological polar surface area (TPSA) is 49.1 Å². The van der Waals surface area contributed by atoms with E-state index in [1.807, 2.05) is 43.2 Å². The van der Waals surface area contributed by atoms with E-state index in [1.54, 1.807) is 6.07 Å². The summed E-state index contributed by atoms with van der Waals surface area (Å²) in [7, 11) is 0. The van der Waals surface area contributed by atoms with Crippen LogP contribution in [0.25, 0.3) is 16.0 Å². The van der Waals surface area contributed by atoms with Gasteiger partial charge in [0.25, 0.3) is 0 Å². The molecular formula is C38H51NO4. The fraction of sp³-hybridized carbons (Fsp3) is 0.474. The van der Waals surface area contributed by atoms with Crippen LogP contribution >= 0.6 is 0 Å². The fourth-order valence-corrected chi connectivity index (χ4v) is 4.90. The molecule has 0 aliphatic carbocycles. The molecule has 5 nitrogen and oxygen atoms in total. The minimum Gasteiger partial charge on any atom is -0.502 e. The normalized spacial score (nSPS) is 11.1. The van der Waals surface area contributed by atoms with Gasteiger partial charge in [-0.05, 0) is 79.8 Å². The number of ether oxygens (including phenoxy) is 3. The van der Waals surface area contributed by atoms with Crippen molar-refractivity contribution in [2.45, 2.75) is 110 Å². The maximum atomic E-state index is 8.00. The van der Waals surface area contributed by atoms with Crippen LogP contribution in [0, 0.1) is 6.57 Å². The summed E-state index contributed by atoms with van der Waals surface area (Å²) in [5.41, 5.74) is 2.73. The molecule has 1 atom stereocenters. The zero-order chi connectivity index (χ0) is 31.1. The van der Waals surface area contributed by atoms with Gasteiger partial charge in [0.15, 0.2) is 0 Å². The van der Waals surface area contributed by atoms with E-state index >= 15 is 0 Å². The molecule has 1 unspecified atom stereocenters. The molecule has 0 bridgehead atoms. The Kier molecular flexibility index (Phi) is 18.0. The second kappa shape index (κ2) is 21.9. The van der Waals surface area contributed by atoms with E-state index in [0.29, 0.717) is 17.2 Å². The van der Waals surface area contributed by atoms with Crippen LogP contribution in [0.15, 0.2) is 66.7 Å². The van der Waals surface area contributed by atoms with Gasteiger partial charge in [0.1, 0.15) is 29.8 Å². The molecule has 3 aromatic carbocycles. The highest BCUT2D eigenvalue weighted by atomic mass is 16.5. The average molecular weight is 586 g/mol. The first-order valence-corrected chi connectivity index (χ1v) is 16.1. The maximum absolute atomic E-state index is 8.00. The molecule has 0 spiro atoms. The molecule has 3 rings (SSSR count). The van der Waals surface area contributed by atoms with Gasteiger partial charge < -0.3 is 19.0 Å². The number of carbonyl (C=O) groups excluding carboxylic acids is 1. The van der Waals surface area contributed by atoms with Crippen LogP contribution < -0.4 is 14.2 Å². The third kappa shape index (κ3) is 13.8. The lowest BCUT2D eigenvalue weighted by atomic mass is 10.1. The highest BCUT2D eigenvalue weighted by Gasteiger charge is 2.11. The fourth-order valence-electron chi connectivity index (χ4n) is 4.90. The Bertz CT molecular complexity index is 1180. The van der Waals surface area contributed by atoms with Gasteiger partial charge in [0.2, 0.25) is 5.69 Å². The summed E-state index contributed by atoms with van der Waals surface area (Å²) >= 11 is 0. The van der Waals surface area contributed by atoms with Crippen LogP contribution in [0.5, 0.6) is 23.0 Å². The van der Waals surface area contributed by atoms with Crippen LogP contribution in [-0.4, -0.2) is 19.5 Å². The molecule has 0 fully saturated rings. The second-order valence-corrected chi connectivity index (χ2v) is 11.0. The summed E-state index contributed by atoms with van der Waals surface area (Å²) in [6.45, 7) is 16.9. The van der Waals surface area contributed by atoms with E-state index in [4.69, 9.17) is 25.6 Å². The lowest BCUT2D eigenvalue weighted by molar-refractivity contribution is -0.0980. The number of nitrogens with zero attached hydrogens (tertiary/aromatic N) is 1. The zero-order valence-corrected chi connectivity index (χ0v) is 26.6. The van der Waals surface area contributed by atoms with E-state index in [-0.39, 0.29) is 6.10 Å². The summed E-state index contributed by atoms with van der Waals surface area (Å²) in [6.07, 6.45) is 16.4. The van der Waals surface area contributed by atoms with Crippen molar-refractivity contribution in [3.05, 3.63) is 78.1 Å². The van der Waals surface area contributed by atoms with Crippen LogP contribution in [0.2, 0.25) is 0 Å². The predicted octanol–water partition coefficient (Wildman–Crippen LogP) is 11.8. The minimum atomic E-state index is 0.0854. The summed E-state index contributed by atoms with van der Waals surface area (Å²) in [6, 6.07) is 21.8. The van der Waals surface area contributed by atoms with Gasteiger partial charge in [-0.2, -0.15) is 0 Å².